The van der Waals surface area contributed by atoms with Gasteiger partial charge in [0.1, 0.15) is 0 Å². The topological polar surface area (TPSA) is 54.4 Å². The number of rotatable bonds is 6. The minimum absolute atomic E-state index is 0.106. The van der Waals surface area contributed by atoms with E-state index in [9.17, 15) is 5.11 Å². The number of aromatic nitrogens is 1. The SMILES string of the molecule is CC(C)Oc1cccnc1NCC(O)C(C)C. The zero-order valence-electron chi connectivity index (χ0n) is 11.0. The predicted octanol–water partition coefficient (Wildman–Crippen LogP) is 2.30. The van der Waals surface area contributed by atoms with Gasteiger partial charge in [-0.2, -0.15) is 0 Å². The quantitative estimate of drug-likeness (QED) is 0.798. The monoisotopic (exact) mass is 238 g/mol. The third-order valence-electron chi connectivity index (χ3n) is 2.38. The second-order valence-corrected chi connectivity index (χ2v) is 4.71. The molecule has 1 heterocycles. The van der Waals surface area contributed by atoms with Gasteiger partial charge in [-0.3, -0.25) is 0 Å². The van der Waals surface area contributed by atoms with Crippen LogP contribution in [0.1, 0.15) is 27.7 Å². The molecule has 0 saturated heterocycles. The van der Waals surface area contributed by atoms with Gasteiger partial charge in [0.05, 0.1) is 12.2 Å². The van der Waals surface area contributed by atoms with Crippen molar-refractivity contribution in [1.82, 2.24) is 4.98 Å². The van der Waals surface area contributed by atoms with Crippen LogP contribution in [0.25, 0.3) is 0 Å². The molecular formula is C13H22N2O2. The number of nitrogens with one attached hydrogen (secondary N) is 1. The minimum Gasteiger partial charge on any atom is -0.487 e. The molecule has 0 aliphatic rings. The molecule has 0 saturated carbocycles. The fourth-order valence-electron chi connectivity index (χ4n) is 1.31. The minimum atomic E-state index is -0.385. The first kappa shape index (κ1) is 13.8. The average molecular weight is 238 g/mol. The first-order valence-electron chi connectivity index (χ1n) is 6.04. The summed E-state index contributed by atoms with van der Waals surface area (Å²) in [6.07, 6.45) is 1.43. The average Bonchev–Trinajstić information content (AvgIpc) is 2.26. The molecule has 0 spiro atoms. The number of hydrogen-bond donors (Lipinski definition) is 2. The Bertz CT molecular complexity index is 340. The molecule has 0 aliphatic heterocycles. The van der Waals surface area contributed by atoms with Crippen molar-refractivity contribution >= 4 is 5.82 Å². The third kappa shape index (κ3) is 4.61. The summed E-state index contributed by atoms with van der Waals surface area (Å²) >= 11 is 0. The van der Waals surface area contributed by atoms with E-state index in [0.29, 0.717) is 12.4 Å². The molecule has 96 valence electrons. The molecule has 2 N–H and O–H groups in total. The Morgan fingerprint density at radius 2 is 2.06 bits per heavy atom. The van der Waals surface area contributed by atoms with E-state index < -0.39 is 0 Å². The predicted molar refractivity (Wildman–Crippen MR) is 69.3 cm³/mol. The highest BCUT2D eigenvalue weighted by atomic mass is 16.5. The lowest BCUT2D eigenvalue weighted by atomic mass is 10.1. The number of aliphatic hydroxyl groups is 1. The summed E-state index contributed by atoms with van der Waals surface area (Å²) < 4.78 is 5.63. The molecule has 1 aromatic rings. The number of nitrogens with zero attached hydrogens (tertiary/aromatic N) is 1. The third-order valence-corrected chi connectivity index (χ3v) is 2.38. The number of ether oxygens (including phenoxy) is 1. The standard InChI is InChI=1S/C13H22N2O2/c1-9(2)11(16)8-15-13-12(17-10(3)4)6-5-7-14-13/h5-7,9-11,16H,8H2,1-4H3,(H,14,15). The van der Waals surface area contributed by atoms with E-state index in [4.69, 9.17) is 4.74 Å². The van der Waals surface area contributed by atoms with E-state index in [1.165, 1.54) is 0 Å². The van der Waals surface area contributed by atoms with E-state index in [0.717, 1.165) is 5.75 Å². The maximum absolute atomic E-state index is 9.73. The largest absolute Gasteiger partial charge is 0.487 e. The molecule has 4 nitrogen and oxygen atoms in total. The van der Waals surface area contributed by atoms with Crippen LogP contribution in [0.15, 0.2) is 18.3 Å². The normalized spacial score (nSPS) is 12.9. The van der Waals surface area contributed by atoms with Crippen LogP contribution >= 0.6 is 0 Å². The molecule has 0 fully saturated rings. The Balaban J connectivity index is 2.63. The van der Waals surface area contributed by atoms with Gasteiger partial charge >= 0.3 is 0 Å². The van der Waals surface area contributed by atoms with Gasteiger partial charge in [0, 0.05) is 12.7 Å². The Labute approximate surface area is 103 Å². The lowest BCUT2D eigenvalue weighted by Crippen LogP contribution is -2.25. The summed E-state index contributed by atoms with van der Waals surface area (Å²) in [7, 11) is 0. The van der Waals surface area contributed by atoms with Crippen molar-refractivity contribution in [2.24, 2.45) is 5.92 Å². The second-order valence-electron chi connectivity index (χ2n) is 4.71. The Morgan fingerprint density at radius 3 is 2.65 bits per heavy atom. The van der Waals surface area contributed by atoms with Crippen molar-refractivity contribution in [2.45, 2.75) is 39.9 Å². The number of anilines is 1. The summed E-state index contributed by atoms with van der Waals surface area (Å²) in [5.74, 6) is 1.63. The van der Waals surface area contributed by atoms with Crippen molar-refractivity contribution in [3.8, 4) is 5.75 Å². The van der Waals surface area contributed by atoms with Crippen molar-refractivity contribution < 1.29 is 9.84 Å². The van der Waals surface area contributed by atoms with E-state index >= 15 is 0 Å². The van der Waals surface area contributed by atoms with Crippen molar-refractivity contribution in [1.29, 1.82) is 0 Å². The molecule has 4 heteroatoms. The molecule has 1 rings (SSSR count). The van der Waals surface area contributed by atoms with Gasteiger partial charge in [-0.1, -0.05) is 13.8 Å². The van der Waals surface area contributed by atoms with Crippen LogP contribution in [0.5, 0.6) is 5.75 Å². The first-order valence-corrected chi connectivity index (χ1v) is 6.04. The van der Waals surface area contributed by atoms with Crippen LogP contribution in [0.4, 0.5) is 5.82 Å². The zero-order valence-corrected chi connectivity index (χ0v) is 11.0. The molecule has 0 aliphatic carbocycles. The summed E-state index contributed by atoms with van der Waals surface area (Å²) in [6, 6.07) is 3.71. The number of pyridine rings is 1. The van der Waals surface area contributed by atoms with Crippen LogP contribution in [-0.2, 0) is 0 Å². The number of aliphatic hydroxyl groups excluding tert-OH is 1. The lowest BCUT2D eigenvalue weighted by molar-refractivity contribution is 0.137. The van der Waals surface area contributed by atoms with E-state index in [1.54, 1.807) is 6.20 Å². The maximum Gasteiger partial charge on any atom is 0.168 e. The molecule has 0 amide bonds. The van der Waals surface area contributed by atoms with Crippen molar-refractivity contribution in [3.05, 3.63) is 18.3 Å². The highest BCUT2D eigenvalue weighted by Gasteiger charge is 2.11. The van der Waals surface area contributed by atoms with Crippen LogP contribution < -0.4 is 10.1 Å². The fraction of sp³-hybridized carbons (Fsp3) is 0.615. The summed E-state index contributed by atoms with van der Waals surface area (Å²) in [6.45, 7) is 8.38. The molecular weight excluding hydrogens is 216 g/mol. The van der Waals surface area contributed by atoms with Gasteiger partial charge in [0.2, 0.25) is 0 Å². The Hall–Kier alpha value is -1.29. The molecule has 1 aromatic heterocycles. The van der Waals surface area contributed by atoms with E-state index in [1.807, 2.05) is 39.8 Å². The van der Waals surface area contributed by atoms with Crippen LogP contribution in [0, 0.1) is 5.92 Å². The fourth-order valence-corrected chi connectivity index (χ4v) is 1.31. The summed E-state index contributed by atoms with van der Waals surface area (Å²) in [4.78, 5) is 4.22. The zero-order chi connectivity index (χ0) is 12.8. The van der Waals surface area contributed by atoms with Gasteiger partial charge in [0.25, 0.3) is 0 Å². The molecule has 17 heavy (non-hydrogen) atoms. The molecule has 0 radical (unpaired) electrons. The van der Waals surface area contributed by atoms with Gasteiger partial charge in [-0.25, -0.2) is 4.98 Å². The Morgan fingerprint density at radius 1 is 1.35 bits per heavy atom. The Kier molecular flexibility index (Phi) is 5.22. The van der Waals surface area contributed by atoms with Crippen LogP contribution in [0.2, 0.25) is 0 Å². The van der Waals surface area contributed by atoms with Crippen LogP contribution in [0.3, 0.4) is 0 Å². The number of hydrogen-bond acceptors (Lipinski definition) is 4. The smallest absolute Gasteiger partial charge is 0.168 e. The van der Waals surface area contributed by atoms with Gasteiger partial charge in [-0.15, -0.1) is 0 Å². The van der Waals surface area contributed by atoms with Crippen molar-refractivity contribution in [2.75, 3.05) is 11.9 Å². The molecule has 1 atom stereocenters. The van der Waals surface area contributed by atoms with E-state index in [-0.39, 0.29) is 18.1 Å². The molecule has 0 aromatic carbocycles. The molecule has 0 bridgehead atoms. The molecule has 1 unspecified atom stereocenters. The highest BCUT2D eigenvalue weighted by Crippen LogP contribution is 2.22. The lowest BCUT2D eigenvalue weighted by Gasteiger charge is -2.18. The highest BCUT2D eigenvalue weighted by molar-refractivity contribution is 5.49. The summed E-state index contributed by atoms with van der Waals surface area (Å²) in [5, 5.41) is 12.8. The van der Waals surface area contributed by atoms with Gasteiger partial charge in [-0.05, 0) is 31.9 Å². The maximum atomic E-state index is 9.73. The van der Waals surface area contributed by atoms with Crippen LogP contribution in [-0.4, -0.2) is 28.8 Å². The van der Waals surface area contributed by atoms with Gasteiger partial charge in [0.15, 0.2) is 11.6 Å². The second kappa shape index (κ2) is 6.45. The van der Waals surface area contributed by atoms with E-state index in [2.05, 4.69) is 10.3 Å². The van der Waals surface area contributed by atoms with Gasteiger partial charge < -0.3 is 15.2 Å². The van der Waals surface area contributed by atoms with Crippen molar-refractivity contribution in [3.63, 3.8) is 0 Å². The summed E-state index contributed by atoms with van der Waals surface area (Å²) in [5.41, 5.74) is 0. The first-order chi connectivity index (χ1) is 8.00.